The molecule has 0 radical (unpaired) electrons. The van der Waals surface area contributed by atoms with Crippen LogP contribution in [0.1, 0.15) is 51.9 Å². The Morgan fingerprint density at radius 2 is 1.83 bits per heavy atom. The third kappa shape index (κ3) is 1.63. The lowest BCUT2D eigenvalue weighted by atomic mass is 9.66. The van der Waals surface area contributed by atoms with E-state index >= 15 is 0 Å². The van der Waals surface area contributed by atoms with Crippen molar-refractivity contribution in [1.29, 1.82) is 0 Å². The van der Waals surface area contributed by atoms with Crippen LogP contribution < -0.4 is 0 Å². The summed E-state index contributed by atoms with van der Waals surface area (Å²) in [7, 11) is 0. The van der Waals surface area contributed by atoms with Crippen molar-refractivity contribution in [2.45, 2.75) is 57.5 Å². The number of hydrogen-bond donors (Lipinski definition) is 0. The van der Waals surface area contributed by atoms with Gasteiger partial charge in [0, 0.05) is 5.92 Å². The van der Waals surface area contributed by atoms with Gasteiger partial charge in [-0.15, -0.1) is 0 Å². The molecule has 5 fully saturated rings. The van der Waals surface area contributed by atoms with E-state index < -0.39 is 0 Å². The molecule has 2 nitrogen and oxygen atoms in total. The monoisotopic (exact) mass is 312 g/mol. The Balaban J connectivity index is 1.23. The van der Waals surface area contributed by atoms with Crippen molar-refractivity contribution in [1.82, 2.24) is 0 Å². The maximum atomic E-state index is 12.9. The molecule has 0 spiro atoms. The summed E-state index contributed by atoms with van der Waals surface area (Å²) in [6, 6.07) is 0. The molecule has 0 N–H and O–H groups in total. The molecule has 6 aliphatic carbocycles. The van der Waals surface area contributed by atoms with Gasteiger partial charge in [0.25, 0.3) is 0 Å². The van der Waals surface area contributed by atoms with Gasteiger partial charge in [-0.1, -0.05) is 12.2 Å². The van der Waals surface area contributed by atoms with Gasteiger partial charge in [-0.05, 0) is 93.3 Å². The van der Waals surface area contributed by atoms with E-state index in [0.29, 0.717) is 17.8 Å². The maximum absolute atomic E-state index is 12.9. The summed E-state index contributed by atoms with van der Waals surface area (Å²) in [4.78, 5) is 12.9. The highest BCUT2D eigenvalue weighted by molar-refractivity contribution is 5.74. The van der Waals surface area contributed by atoms with E-state index in [1.165, 1.54) is 32.1 Å². The standard InChI is InChI=1S/C21H28O2/c1-21(23-20(22)16-7-11-2-3-12(16)6-11)10-15-9-17(21)19-14-5-4-13(8-14)18(15)19/h2-3,11-19H,4-10H2,1H3. The van der Waals surface area contributed by atoms with E-state index in [9.17, 15) is 4.79 Å². The number of allylic oxidation sites excluding steroid dienone is 2. The Kier molecular flexibility index (Phi) is 2.49. The van der Waals surface area contributed by atoms with E-state index in [-0.39, 0.29) is 17.5 Å². The Morgan fingerprint density at radius 3 is 2.57 bits per heavy atom. The first-order valence-electron chi connectivity index (χ1n) is 10.0. The third-order valence-electron chi connectivity index (χ3n) is 8.98. The highest BCUT2D eigenvalue weighted by Gasteiger charge is 2.67. The van der Waals surface area contributed by atoms with Crippen molar-refractivity contribution in [3.8, 4) is 0 Å². The summed E-state index contributed by atoms with van der Waals surface area (Å²) in [6.07, 6.45) is 13.8. The zero-order valence-electron chi connectivity index (χ0n) is 14.1. The highest BCUT2D eigenvalue weighted by atomic mass is 16.6. The van der Waals surface area contributed by atoms with Gasteiger partial charge in [0.15, 0.2) is 0 Å². The molecule has 6 rings (SSSR count). The quantitative estimate of drug-likeness (QED) is 0.434. The van der Waals surface area contributed by atoms with Crippen LogP contribution in [0.3, 0.4) is 0 Å². The second-order valence-corrected chi connectivity index (χ2v) is 9.91. The fraction of sp³-hybridized carbons (Fsp3) is 0.857. The summed E-state index contributed by atoms with van der Waals surface area (Å²) in [6.45, 7) is 2.28. The van der Waals surface area contributed by atoms with Crippen molar-refractivity contribution >= 4 is 5.97 Å². The van der Waals surface area contributed by atoms with E-state index in [0.717, 1.165) is 42.4 Å². The molecule has 0 aliphatic heterocycles. The molecule has 23 heavy (non-hydrogen) atoms. The minimum atomic E-state index is -0.140. The number of esters is 1. The first kappa shape index (κ1) is 13.5. The van der Waals surface area contributed by atoms with Crippen LogP contribution in [0, 0.1) is 53.3 Å². The van der Waals surface area contributed by atoms with Gasteiger partial charge in [0.05, 0.1) is 5.92 Å². The summed E-state index contributed by atoms with van der Waals surface area (Å²) in [5.41, 5.74) is -0.140. The van der Waals surface area contributed by atoms with Crippen molar-refractivity contribution < 1.29 is 9.53 Å². The Morgan fingerprint density at radius 1 is 1.00 bits per heavy atom. The molecular formula is C21H28O2. The number of rotatable bonds is 2. The zero-order chi connectivity index (χ0) is 15.3. The van der Waals surface area contributed by atoms with Crippen LogP contribution in [-0.4, -0.2) is 11.6 Å². The predicted octanol–water partition coefficient (Wildman–Crippen LogP) is 4.20. The first-order valence-corrected chi connectivity index (χ1v) is 10.0. The molecule has 0 heterocycles. The summed E-state index contributed by atoms with van der Waals surface area (Å²) in [5, 5.41) is 0. The van der Waals surface area contributed by atoms with Crippen LogP contribution in [0.15, 0.2) is 12.2 Å². The molecule has 0 aromatic carbocycles. The normalized spacial score (nSPS) is 60.7. The lowest BCUT2D eigenvalue weighted by molar-refractivity contribution is -0.174. The summed E-state index contributed by atoms with van der Waals surface area (Å²) in [5.74, 6) is 6.84. The highest BCUT2D eigenvalue weighted by Crippen LogP contribution is 2.70. The molecule has 5 saturated carbocycles. The Labute approximate surface area is 139 Å². The number of carbonyl (C=O) groups excluding carboxylic acids is 1. The van der Waals surface area contributed by atoms with Crippen molar-refractivity contribution in [3.05, 3.63) is 12.2 Å². The average molecular weight is 312 g/mol. The molecule has 2 heteroatoms. The molecule has 6 bridgehead atoms. The third-order valence-corrected chi connectivity index (χ3v) is 8.98. The van der Waals surface area contributed by atoms with Crippen LogP contribution in [0.5, 0.6) is 0 Å². The van der Waals surface area contributed by atoms with Gasteiger partial charge >= 0.3 is 5.97 Å². The molecule has 124 valence electrons. The zero-order valence-corrected chi connectivity index (χ0v) is 14.1. The molecule has 10 unspecified atom stereocenters. The van der Waals surface area contributed by atoms with Gasteiger partial charge in [0.2, 0.25) is 0 Å². The molecule has 0 aromatic heterocycles. The minimum Gasteiger partial charge on any atom is -0.459 e. The minimum absolute atomic E-state index is 0.136. The first-order chi connectivity index (χ1) is 11.1. The van der Waals surface area contributed by atoms with Crippen LogP contribution >= 0.6 is 0 Å². The topological polar surface area (TPSA) is 26.3 Å². The summed E-state index contributed by atoms with van der Waals surface area (Å²) >= 11 is 0. The van der Waals surface area contributed by atoms with Gasteiger partial charge in [-0.2, -0.15) is 0 Å². The second-order valence-electron chi connectivity index (χ2n) is 9.91. The fourth-order valence-electron chi connectivity index (χ4n) is 8.34. The lowest BCUT2D eigenvalue weighted by Crippen LogP contribution is -2.46. The number of carbonyl (C=O) groups is 1. The second kappa shape index (κ2) is 4.24. The molecule has 10 atom stereocenters. The SMILES string of the molecule is CC1(OC(=O)C2CC3C=CC2C3)CC2CC1C1C3CCC(C3)C21. The number of hydrogen-bond acceptors (Lipinski definition) is 2. The van der Waals surface area contributed by atoms with E-state index in [4.69, 9.17) is 4.74 Å². The van der Waals surface area contributed by atoms with Crippen LogP contribution in [0.2, 0.25) is 0 Å². The molecule has 6 aliphatic rings. The van der Waals surface area contributed by atoms with Crippen molar-refractivity contribution in [2.75, 3.05) is 0 Å². The van der Waals surface area contributed by atoms with Crippen LogP contribution in [0.25, 0.3) is 0 Å². The van der Waals surface area contributed by atoms with Crippen LogP contribution in [0.4, 0.5) is 0 Å². The smallest absolute Gasteiger partial charge is 0.310 e. The van der Waals surface area contributed by atoms with Gasteiger partial charge in [-0.3, -0.25) is 4.79 Å². The lowest BCUT2D eigenvalue weighted by Gasteiger charge is -2.44. The predicted molar refractivity (Wildman–Crippen MR) is 87.4 cm³/mol. The molecular weight excluding hydrogens is 284 g/mol. The molecule has 0 aromatic rings. The average Bonchev–Trinajstić information content (AvgIpc) is 3.31. The molecule has 0 amide bonds. The summed E-state index contributed by atoms with van der Waals surface area (Å²) < 4.78 is 6.31. The Hall–Kier alpha value is -0.790. The van der Waals surface area contributed by atoms with Gasteiger partial charge < -0.3 is 4.74 Å². The maximum Gasteiger partial charge on any atom is 0.310 e. The largest absolute Gasteiger partial charge is 0.459 e. The van der Waals surface area contributed by atoms with Gasteiger partial charge in [0.1, 0.15) is 5.60 Å². The molecule has 0 saturated heterocycles. The number of fused-ring (bicyclic) bond motifs is 11. The van der Waals surface area contributed by atoms with Crippen LogP contribution in [-0.2, 0) is 9.53 Å². The fourth-order valence-corrected chi connectivity index (χ4v) is 8.34. The van der Waals surface area contributed by atoms with E-state index in [1.807, 2.05) is 0 Å². The van der Waals surface area contributed by atoms with E-state index in [1.54, 1.807) is 0 Å². The van der Waals surface area contributed by atoms with E-state index in [2.05, 4.69) is 19.1 Å². The Bertz CT molecular complexity index is 595. The van der Waals surface area contributed by atoms with Gasteiger partial charge in [-0.25, -0.2) is 0 Å². The van der Waals surface area contributed by atoms with Crippen molar-refractivity contribution in [2.24, 2.45) is 53.3 Å². The van der Waals surface area contributed by atoms with Crippen molar-refractivity contribution in [3.63, 3.8) is 0 Å². The number of ether oxygens (including phenoxy) is 1.